The van der Waals surface area contributed by atoms with E-state index in [9.17, 15) is 28.8 Å². The lowest BCUT2D eigenvalue weighted by Gasteiger charge is -2.19. The van der Waals surface area contributed by atoms with Crippen molar-refractivity contribution in [1.29, 1.82) is 0 Å². The highest BCUT2D eigenvalue weighted by Crippen LogP contribution is 2.33. The van der Waals surface area contributed by atoms with E-state index in [1.807, 2.05) is 0 Å². The molecule has 0 saturated carbocycles. The zero-order chi connectivity index (χ0) is 32.5. The molecular formula is C34H22Cl2N2O6S2. The Morgan fingerprint density at radius 3 is 1.13 bits per heavy atom. The number of nitrogens with one attached hydrogen (secondary N) is 2. The number of halogens is 2. The van der Waals surface area contributed by atoms with Gasteiger partial charge in [-0.1, -0.05) is 93.3 Å². The highest BCUT2D eigenvalue weighted by atomic mass is 35.5. The van der Waals surface area contributed by atoms with Crippen molar-refractivity contribution in [2.24, 2.45) is 0 Å². The monoisotopic (exact) mass is 688 g/mol. The average Bonchev–Trinajstić information content (AvgIpc) is 3.06. The number of rotatable bonds is 9. The van der Waals surface area contributed by atoms with Gasteiger partial charge in [0.05, 0.1) is 21.2 Å². The number of carbonyl (C=O) groups is 6. The summed E-state index contributed by atoms with van der Waals surface area (Å²) >= 11 is 12.7. The van der Waals surface area contributed by atoms with Crippen molar-refractivity contribution in [3.8, 4) is 0 Å². The van der Waals surface area contributed by atoms with Crippen LogP contribution < -0.4 is 10.6 Å². The van der Waals surface area contributed by atoms with Gasteiger partial charge < -0.3 is 10.6 Å². The van der Waals surface area contributed by atoms with Crippen LogP contribution in [0.1, 0.15) is 84.4 Å². The average molecular weight is 690 g/mol. The van der Waals surface area contributed by atoms with Crippen molar-refractivity contribution in [1.82, 2.24) is 10.6 Å². The van der Waals surface area contributed by atoms with Gasteiger partial charge in [-0.05, 0) is 24.3 Å². The van der Waals surface area contributed by atoms with Crippen molar-refractivity contribution in [2.45, 2.75) is 0 Å². The zero-order valence-corrected chi connectivity index (χ0v) is 26.9. The van der Waals surface area contributed by atoms with Crippen LogP contribution >= 0.6 is 44.8 Å². The van der Waals surface area contributed by atoms with Crippen molar-refractivity contribution >= 4 is 79.7 Å². The van der Waals surface area contributed by atoms with Crippen LogP contribution in [-0.4, -0.2) is 59.5 Å². The number of hydrogen-bond acceptors (Lipinski definition) is 8. The lowest BCUT2D eigenvalue weighted by atomic mass is 9.83. The third-order valence-electron chi connectivity index (χ3n) is 7.54. The van der Waals surface area contributed by atoms with Gasteiger partial charge in [0, 0.05) is 69.1 Å². The van der Waals surface area contributed by atoms with Crippen LogP contribution in [0.15, 0.2) is 72.8 Å². The third-order valence-corrected chi connectivity index (χ3v) is 10.6. The quantitative estimate of drug-likeness (QED) is 0.138. The molecule has 8 nitrogen and oxygen atoms in total. The Bertz CT molecular complexity index is 1870. The van der Waals surface area contributed by atoms with Crippen molar-refractivity contribution in [3.63, 3.8) is 0 Å². The summed E-state index contributed by atoms with van der Waals surface area (Å²) in [6, 6.07) is 18.6. The molecule has 0 aliphatic heterocycles. The molecule has 2 aliphatic carbocycles. The molecule has 4 aromatic rings. The van der Waals surface area contributed by atoms with Gasteiger partial charge >= 0.3 is 0 Å². The molecule has 6 rings (SSSR count). The number of hydrogen-bond donors (Lipinski definition) is 2. The van der Waals surface area contributed by atoms with Gasteiger partial charge in [0.2, 0.25) is 0 Å². The van der Waals surface area contributed by atoms with E-state index in [4.69, 9.17) is 23.2 Å². The smallest absolute Gasteiger partial charge is 0.252 e. The standard InChI is InChI=1S/C34H22Cl2N2O6S2/c35-27-15-23-21(29(39)17-5-1-3-7-19(17)31(23)41)13-25(27)33(43)37-9-11-45-46-12-10-38-34(44)26-14-22-24(16-28(26)36)32(42)20-8-4-2-6-18(20)30(22)40/h1-8,13-16H,9-12H2,(H,37,43)(H,38,44). The van der Waals surface area contributed by atoms with E-state index < -0.39 is 11.8 Å². The number of fused-ring (bicyclic) bond motifs is 4. The summed E-state index contributed by atoms with van der Waals surface area (Å²) in [5.74, 6) is -1.13. The Hall–Kier alpha value is -4.22. The molecule has 230 valence electrons. The van der Waals surface area contributed by atoms with E-state index in [-0.39, 0.29) is 66.6 Å². The Kier molecular flexibility index (Phi) is 9.15. The molecule has 0 radical (unpaired) electrons. The number of benzene rings is 4. The van der Waals surface area contributed by atoms with Gasteiger partial charge in [0.15, 0.2) is 23.1 Å². The lowest BCUT2D eigenvalue weighted by molar-refractivity contribution is 0.0946. The van der Waals surface area contributed by atoms with Crippen LogP contribution in [-0.2, 0) is 0 Å². The Labute approximate surface area is 281 Å². The summed E-state index contributed by atoms with van der Waals surface area (Å²) in [6.45, 7) is 0.624. The van der Waals surface area contributed by atoms with E-state index in [0.29, 0.717) is 46.8 Å². The van der Waals surface area contributed by atoms with E-state index in [1.54, 1.807) is 48.5 Å². The lowest BCUT2D eigenvalue weighted by Crippen LogP contribution is -2.28. The molecule has 2 aliphatic rings. The summed E-state index contributed by atoms with van der Waals surface area (Å²) in [5, 5.41) is 5.71. The van der Waals surface area contributed by atoms with E-state index in [0.717, 1.165) is 0 Å². The minimum atomic E-state index is -0.463. The molecule has 2 amide bonds. The fourth-order valence-electron chi connectivity index (χ4n) is 5.31. The molecule has 0 atom stereocenters. The SMILES string of the molecule is O=C(NCCSSCCNC(=O)c1cc2c(cc1Cl)C(=O)c1ccccc1C2=O)c1cc2c(cc1Cl)C(=O)c1ccccc1C2=O. The highest BCUT2D eigenvalue weighted by molar-refractivity contribution is 8.76. The van der Waals surface area contributed by atoms with Crippen molar-refractivity contribution < 1.29 is 28.8 Å². The first-order valence-electron chi connectivity index (χ1n) is 14.0. The van der Waals surface area contributed by atoms with E-state index in [1.165, 1.54) is 45.9 Å². The second kappa shape index (κ2) is 13.3. The normalized spacial score (nSPS) is 13.0. The summed E-state index contributed by atoms with van der Waals surface area (Å²) in [6.07, 6.45) is 0. The van der Waals surface area contributed by atoms with Gasteiger partial charge in [-0.3, -0.25) is 28.8 Å². The van der Waals surface area contributed by atoms with Gasteiger partial charge in [0.1, 0.15) is 0 Å². The first kappa shape index (κ1) is 31.7. The molecule has 2 N–H and O–H groups in total. The maximum atomic E-state index is 13.0. The molecule has 46 heavy (non-hydrogen) atoms. The second-order valence-corrected chi connectivity index (χ2v) is 13.8. The first-order chi connectivity index (χ1) is 22.2. The maximum absolute atomic E-state index is 13.0. The fraction of sp³-hybridized carbons (Fsp3) is 0.118. The molecule has 0 spiro atoms. The molecule has 0 fully saturated rings. The third kappa shape index (κ3) is 5.89. The number of ketones is 4. The largest absolute Gasteiger partial charge is 0.351 e. The Morgan fingerprint density at radius 2 is 0.804 bits per heavy atom. The van der Waals surface area contributed by atoms with Crippen LogP contribution in [0, 0.1) is 0 Å². The minimum absolute atomic E-state index is 0.0781. The molecule has 0 bridgehead atoms. The number of amides is 2. The molecule has 4 aromatic carbocycles. The van der Waals surface area contributed by atoms with Crippen LogP contribution in [0.5, 0.6) is 0 Å². The van der Waals surface area contributed by atoms with Crippen molar-refractivity contribution in [2.75, 3.05) is 24.6 Å². The highest BCUT2D eigenvalue weighted by Gasteiger charge is 2.32. The Balaban J connectivity index is 0.966. The molecule has 0 aromatic heterocycles. The summed E-state index contributed by atoms with van der Waals surface area (Å²) in [4.78, 5) is 77.4. The summed E-state index contributed by atoms with van der Waals surface area (Å²) in [5.41, 5.74) is 2.06. The Morgan fingerprint density at radius 1 is 0.500 bits per heavy atom. The van der Waals surface area contributed by atoms with Crippen molar-refractivity contribution in [3.05, 3.63) is 138 Å². The molecule has 0 heterocycles. The van der Waals surface area contributed by atoms with Gasteiger partial charge in [-0.2, -0.15) is 0 Å². The molecule has 0 unspecified atom stereocenters. The number of carbonyl (C=O) groups excluding carboxylic acids is 6. The zero-order valence-electron chi connectivity index (χ0n) is 23.8. The van der Waals surface area contributed by atoms with Gasteiger partial charge in [-0.25, -0.2) is 0 Å². The summed E-state index contributed by atoms with van der Waals surface area (Å²) in [7, 11) is 2.97. The maximum Gasteiger partial charge on any atom is 0.252 e. The first-order valence-corrected chi connectivity index (χ1v) is 17.3. The predicted octanol–water partition coefficient (Wildman–Crippen LogP) is 6.09. The van der Waals surface area contributed by atoms with Crippen LogP contribution in [0.3, 0.4) is 0 Å². The van der Waals surface area contributed by atoms with Crippen LogP contribution in [0.25, 0.3) is 0 Å². The second-order valence-electron chi connectivity index (χ2n) is 10.3. The molecule has 0 saturated heterocycles. The topological polar surface area (TPSA) is 126 Å². The van der Waals surface area contributed by atoms with E-state index >= 15 is 0 Å². The predicted molar refractivity (Wildman–Crippen MR) is 179 cm³/mol. The van der Waals surface area contributed by atoms with E-state index in [2.05, 4.69) is 10.6 Å². The van der Waals surface area contributed by atoms with Gasteiger partial charge in [0.25, 0.3) is 11.8 Å². The molecular weight excluding hydrogens is 667 g/mol. The fourth-order valence-corrected chi connectivity index (χ4v) is 7.62. The van der Waals surface area contributed by atoms with Crippen LogP contribution in [0.4, 0.5) is 0 Å². The summed E-state index contributed by atoms with van der Waals surface area (Å²) < 4.78 is 0. The molecule has 12 heteroatoms. The minimum Gasteiger partial charge on any atom is -0.351 e. The van der Waals surface area contributed by atoms with Crippen LogP contribution in [0.2, 0.25) is 10.0 Å². The van der Waals surface area contributed by atoms with Gasteiger partial charge in [-0.15, -0.1) is 0 Å².